The number of hydrogen-bond donors (Lipinski definition) is 1. The Labute approximate surface area is 155 Å². The first-order chi connectivity index (χ1) is 11.9. The zero-order chi connectivity index (χ0) is 16.2. The van der Waals surface area contributed by atoms with Gasteiger partial charge in [0, 0.05) is 23.6 Å². The van der Waals surface area contributed by atoms with Gasteiger partial charge in [-0.05, 0) is 55.6 Å². The number of likely N-dealkylation sites (tertiary alicyclic amines) is 1. The third-order valence-corrected chi connectivity index (χ3v) is 5.07. The maximum atomic E-state index is 5.82. The van der Waals surface area contributed by atoms with Gasteiger partial charge in [-0.3, -0.25) is 4.90 Å². The van der Waals surface area contributed by atoms with E-state index in [9.17, 15) is 0 Å². The maximum Gasteiger partial charge on any atom is 0.119 e. The smallest absolute Gasteiger partial charge is 0.119 e. The quantitative estimate of drug-likeness (QED) is 0.708. The van der Waals surface area contributed by atoms with Gasteiger partial charge in [-0.25, -0.2) is 0 Å². The van der Waals surface area contributed by atoms with E-state index in [1.807, 2.05) is 30.3 Å². The summed E-state index contributed by atoms with van der Waals surface area (Å²) < 4.78 is 5.82. The van der Waals surface area contributed by atoms with Gasteiger partial charge in [-0.1, -0.05) is 36.4 Å². The average molecular weight is 357 g/mol. The molecule has 1 aromatic heterocycles. The van der Waals surface area contributed by atoms with Crippen molar-refractivity contribution in [2.24, 2.45) is 0 Å². The fourth-order valence-electron chi connectivity index (χ4n) is 3.71. The minimum absolute atomic E-state index is 0. The molecule has 2 aromatic carbocycles. The van der Waals surface area contributed by atoms with Crippen molar-refractivity contribution in [3.63, 3.8) is 0 Å². The van der Waals surface area contributed by atoms with Crippen LogP contribution in [0.4, 0.5) is 0 Å². The Morgan fingerprint density at radius 2 is 1.68 bits per heavy atom. The summed E-state index contributed by atoms with van der Waals surface area (Å²) in [5.41, 5.74) is 2.75. The van der Waals surface area contributed by atoms with Crippen molar-refractivity contribution in [3.8, 4) is 5.75 Å². The van der Waals surface area contributed by atoms with Crippen LogP contribution in [0.25, 0.3) is 10.9 Å². The molecule has 25 heavy (non-hydrogen) atoms. The second kappa shape index (κ2) is 8.41. The van der Waals surface area contributed by atoms with E-state index in [0.717, 1.165) is 32.0 Å². The van der Waals surface area contributed by atoms with Crippen LogP contribution in [-0.4, -0.2) is 36.1 Å². The van der Waals surface area contributed by atoms with E-state index >= 15 is 0 Å². The second-order valence-electron chi connectivity index (χ2n) is 6.57. The van der Waals surface area contributed by atoms with Crippen molar-refractivity contribution in [1.29, 1.82) is 0 Å². The number of hydrogen-bond acceptors (Lipinski definition) is 2. The molecule has 132 valence electrons. The third-order valence-electron chi connectivity index (χ3n) is 5.07. The van der Waals surface area contributed by atoms with Gasteiger partial charge >= 0.3 is 0 Å². The molecule has 1 fully saturated rings. The maximum absolute atomic E-state index is 5.82. The van der Waals surface area contributed by atoms with Crippen molar-refractivity contribution >= 4 is 23.3 Å². The van der Waals surface area contributed by atoms with Crippen molar-refractivity contribution in [1.82, 2.24) is 9.88 Å². The van der Waals surface area contributed by atoms with Crippen LogP contribution in [0, 0.1) is 0 Å². The normalized spacial score (nSPS) is 15.8. The lowest BCUT2D eigenvalue weighted by atomic mass is 9.89. The molecule has 3 nitrogen and oxygen atoms in total. The van der Waals surface area contributed by atoms with E-state index in [0.29, 0.717) is 5.92 Å². The number of aromatic nitrogens is 1. The van der Waals surface area contributed by atoms with Gasteiger partial charge in [0.2, 0.25) is 0 Å². The van der Waals surface area contributed by atoms with Gasteiger partial charge in [-0.15, -0.1) is 12.4 Å². The predicted molar refractivity (Wildman–Crippen MR) is 106 cm³/mol. The van der Waals surface area contributed by atoms with E-state index < -0.39 is 0 Å². The molecule has 2 heterocycles. The van der Waals surface area contributed by atoms with E-state index in [1.54, 1.807) is 0 Å². The molecule has 0 unspecified atom stereocenters. The first-order valence-electron chi connectivity index (χ1n) is 8.86. The Hall–Kier alpha value is -1.97. The third kappa shape index (κ3) is 4.17. The SMILES string of the molecule is Cl.c1ccc(OCCN2CCC(c3c[nH]c4ccccc34)CC2)cc1. The Morgan fingerprint density at radius 1 is 0.960 bits per heavy atom. The first kappa shape index (κ1) is 17.8. The summed E-state index contributed by atoms with van der Waals surface area (Å²) in [6.07, 6.45) is 4.67. The van der Waals surface area contributed by atoms with Crippen LogP contribution in [0.5, 0.6) is 5.75 Å². The van der Waals surface area contributed by atoms with E-state index in [1.165, 1.54) is 29.3 Å². The minimum atomic E-state index is 0. The molecular weight excluding hydrogens is 332 g/mol. The van der Waals surface area contributed by atoms with Gasteiger partial charge in [0.15, 0.2) is 0 Å². The highest BCUT2D eigenvalue weighted by Crippen LogP contribution is 2.32. The summed E-state index contributed by atoms with van der Waals surface area (Å²) >= 11 is 0. The highest BCUT2D eigenvalue weighted by atomic mass is 35.5. The highest BCUT2D eigenvalue weighted by Gasteiger charge is 2.22. The summed E-state index contributed by atoms with van der Waals surface area (Å²) in [6, 6.07) is 18.7. The number of halogens is 1. The fourth-order valence-corrected chi connectivity index (χ4v) is 3.71. The van der Waals surface area contributed by atoms with Crippen molar-refractivity contribution < 1.29 is 4.74 Å². The Bertz CT molecular complexity index is 779. The summed E-state index contributed by atoms with van der Waals surface area (Å²) in [5.74, 6) is 1.64. The molecule has 1 aliphatic rings. The van der Waals surface area contributed by atoms with Crippen molar-refractivity contribution in [3.05, 3.63) is 66.4 Å². The lowest BCUT2D eigenvalue weighted by Gasteiger charge is -2.31. The van der Waals surface area contributed by atoms with E-state index in [2.05, 4.69) is 40.3 Å². The number of nitrogens with one attached hydrogen (secondary N) is 1. The van der Waals surface area contributed by atoms with E-state index in [4.69, 9.17) is 4.74 Å². The molecule has 4 rings (SSSR count). The summed E-state index contributed by atoms with van der Waals surface area (Å²) in [4.78, 5) is 5.94. The first-order valence-corrected chi connectivity index (χ1v) is 8.86. The van der Waals surface area contributed by atoms with Crippen molar-refractivity contribution in [2.75, 3.05) is 26.2 Å². The van der Waals surface area contributed by atoms with Crippen molar-refractivity contribution in [2.45, 2.75) is 18.8 Å². The van der Waals surface area contributed by atoms with Gasteiger partial charge in [0.05, 0.1) is 0 Å². The van der Waals surface area contributed by atoms with Gasteiger partial charge in [-0.2, -0.15) is 0 Å². The molecule has 0 atom stereocenters. The molecule has 0 radical (unpaired) electrons. The number of H-pyrrole nitrogens is 1. The molecule has 0 spiro atoms. The summed E-state index contributed by atoms with van der Waals surface area (Å²) in [7, 11) is 0. The number of fused-ring (bicyclic) bond motifs is 1. The molecular formula is C21H25ClN2O. The lowest BCUT2D eigenvalue weighted by Crippen LogP contribution is -2.35. The zero-order valence-corrected chi connectivity index (χ0v) is 15.2. The molecule has 4 heteroatoms. The van der Waals surface area contributed by atoms with Crippen LogP contribution in [-0.2, 0) is 0 Å². The summed E-state index contributed by atoms with van der Waals surface area (Å²) in [5, 5.41) is 1.39. The minimum Gasteiger partial charge on any atom is -0.492 e. The van der Waals surface area contributed by atoms with E-state index in [-0.39, 0.29) is 12.4 Å². The molecule has 0 bridgehead atoms. The second-order valence-corrected chi connectivity index (χ2v) is 6.57. The van der Waals surface area contributed by atoms with Crippen LogP contribution < -0.4 is 4.74 Å². The number of para-hydroxylation sites is 2. The Kier molecular flexibility index (Phi) is 6.00. The Balaban J connectivity index is 0.00000182. The number of piperidine rings is 1. The van der Waals surface area contributed by atoms with Crippen LogP contribution in [0.3, 0.4) is 0 Å². The number of rotatable bonds is 5. The number of nitrogens with zero attached hydrogens (tertiary/aromatic N) is 1. The van der Waals surface area contributed by atoms with Gasteiger partial charge < -0.3 is 9.72 Å². The largest absolute Gasteiger partial charge is 0.492 e. The van der Waals surface area contributed by atoms with Gasteiger partial charge in [0.25, 0.3) is 0 Å². The zero-order valence-electron chi connectivity index (χ0n) is 14.4. The topological polar surface area (TPSA) is 28.3 Å². The van der Waals surface area contributed by atoms with Gasteiger partial charge in [0.1, 0.15) is 12.4 Å². The molecule has 1 N–H and O–H groups in total. The molecule has 0 saturated carbocycles. The summed E-state index contributed by atoms with van der Waals surface area (Å²) in [6.45, 7) is 4.09. The molecule has 1 saturated heterocycles. The molecule has 0 aliphatic carbocycles. The van der Waals surface area contributed by atoms with Crippen LogP contribution in [0.15, 0.2) is 60.8 Å². The van der Waals surface area contributed by atoms with Crippen LogP contribution in [0.2, 0.25) is 0 Å². The van der Waals surface area contributed by atoms with Crippen LogP contribution in [0.1, 0.15) is 24.3 Å². The molecule has 0 amide bonds. The predicted octanol–water partition coefficient (Wildman–Crippen LogP) is 4.85. The monoisotopic (exact) mass is 356 g/mol. The molecule has 3 aromatic rings. The fraction of sp³-hybridized carbons (Fsp3) is 0.333. The highest BCUT2D eigenvalue weighted by molar-refractivity contribution is 5.85. The number of benzene rings is 2. The molecule has 1 aliphatic heterocycles. The standard InChI is InChI=1S/C21H24N2O.ClH/c1-2-6-18(7-3-1)24-15-14-23-12-10-17(11-13-23)20-16-22-21-9-5-4-8-19(20)21;/h1-9,16-17,22H,10-15H2;1H. The van der Waals surface area contributed by atoms with Crippen LogP contribution >= 0.6 is 12.4 Å². The average Bonchev–Trinajstić information content (AvgIpc) is 3.07. The number of ether oxygens (including phenoxy) is 1. The Morgan fingerprint density at radius 3 is 2.48 bits per heavy atom. The number of aromatic amines is 1. The lowest BCUT2D eigenvalue weighted by molar-refractivity contribution is 0.173.